The summed E-state index contributed by atoms with van der Waals surface area (Å²) in [4.78, 5) is 27.9. The number of hydrogen-bond acceptors (Lipinski definition) is 5. The molecular formula is C21H28N4OS. The molecule has 2 aliphatic rings. The van der Waals surface area contributed by atoms with Crippen LogP contribution in [0.1, 0.15) is 70.8 Å². The van der Waals surface area contributed by atoms with Crippen LogP contribution in [0.25, 0.3) is 0 Å². The predicted molar refractivity (Wildman–Crippen MR) is 108 cm³/mol. The lowest BCUT2D eigenvalue weighted by molar-refractivity contribution is 0.0711. The number of carbonyl (C=O) groups excluding carboxylic acids is 1. The molecule has 1 fully saturated rings. The molecule has 1 amide bonds. The lowest BCUT2D eigenvalue weighted by Gasteiger charge is -2.32. The number of thiophene rings is 1. The summed E-state index contributed by atoms with van der Waals surface area (Å²) in [5.74, 6) is 1.99. The fraction of sp³-hybridized carbons (Fsp3) is 0.571. The summed E-state index contributed by atoms with van der Waals surface area (Å²) in [5.41, 5.74) is 3.32. The maximum Gasteiger partial charge on any atom is 0.254 e. The van der Waals surface area contributed by atoms with Crippen LogP contribution in [-0.2, 0) is 13.0 Å². The van der Waals surface area contributed by atoms with E-state index in [9.17, 15) is 4.79 Å². The van der Waals surface area contributed by atoms with Gasteiger partial charge in [0.2, 0.25) is 0 Å². The van der Waals surface area contributed by atoms with Crippen molar-refractivity contribution in [1.29, 1.82) is 0 Å². The number of carbonyl (C=O) groups is 1. The lowest BCUT2D eigenvalue weighted by Crippen LogP contribution is -2.38. The zero-order valence-corrected chi connectivity index (χ0v) is 17.3. The highest BCUT2D eigenvalue weighted by Crippen LogP contribution is 2.29. The molecule has 0 saturated carbocycles. The van der Waals surface area contributed by atoms with E-state index in [4.69, 9.17) is 4.98 Å². The number of rotatable bonds is 3. The van der Waals surface area contributed by atoms with Gasteiger partial charge in [0.1, 0.15) is 5.82 Å². The minimum atomic E-state index is 0.172. The van der Waals surface area contributed by atoms with E-state index in [1.54, 1.807) is 11.3 Å². The van der Waals surface area contributed by atoms with Crippen LogP contribution in [0.4, 0.5) is 0 Å². The highest BCUT2D eigenvalue weighted by atomic mass is 32.1. The van der Waals surface area contributed by atoms with Crippen molar-refractivity contribution in [1.82, 2.24) is 19.8 Å². The normalized spacial score (nSPS) is 18.7. The van der Waals surface area contributed by atoms with Crippen molar-refractivity contribution in [2.45, 2.75) is 51.5 Å². The zero-order chi connectivity index (χ0) is 19.0. The van der Waals surface area contributed by atoms with Gasteiger partial charge >= 0.3 is 0 Å². The number of fused-ring (bicyclic) bond motifs is 1. The van der Waals surface area contributed by atoms with Crippen molar-refractivity contribution >= 4 is 17.2 Å². The van der Waals surface area contributed by atoms with E-state index in [0.717, 1.165) is 56.8 Å². The van der Waals surface area contributed by atoms with Crippen LogP contribution in [0.3, 0.4) is 0 Å². The molecule has 4 heterocycles. The Morgan fingerprint density at radius 3 is 2.74 bits per heavy atom. The Bertz CT molecular complexity index is 823. The third kappa shape index (κ3) is 3.92. The number of likely N-dealkylation sites (tertiary alicyclic amines) is 1. The molecule has 4 rings (SSSR count). The van der Waals surface area contributed by atoms with E-state index in [1.165, 1.54) is 16.1 Å². The number of amides is 1. The first-order chi connectivity index (χ1) is 13.0. The van der Waals surface area contributed by atoms with Gasteiger partial charge in [0.15, 0.2) is 0 Å². The quantitative estimate of drug-likeness (QED) is 0.810. The summed E-state index contributed by atoms with van der Waals surface area (Å²) in [7, 11) is 2.14. The van der Waals surface area contributed by atoms with Gasteiger partial charge in [-0.1, -0.05) is 13.8 Å². The Morgan fingerprint density at radius 1 is 1.26 bits per heavy atom. The summed E-state index contributed by atoms with van der Waals surface area (Å²) < 4.78 is 0. The molecule has 1 saturated heterocycles. The summed E-state index contributed by atoms with van der Waals surface area (Å²) in [6, 6.07) is 2.06. The first-order valence-electron chi connectivity index (χ1n) is 9.92. The van der Waals surface area contributed by atoms with Crippen molar-refractivity contribution in [2.24, 2.45) is 0 Å². The molecule has 2 aromatic heterocycles. The minimum absolute atomic E-state index is 0.172. The fourth-order valence-electron chi connectivity index (χ4n) is 3.96. The van der Waals surface area contributed by atoms with Crippen molar-refractivity contribution < 1.29 is 4.79 Å². The molecule has 0 atom stereocenters. The van der Waals surface area contributed by atoms with Crippen molar-refractivity contribution in [2.75, 3.05) is 26.7 Å². The molecule has 5 nitrogen and oxygen atoms in total. The van der Waals surface area contributed by atoms with E-state index in [0.29, 0.717) is 11.8 Å². The second-order valence-corrected chi connectivity index (χ2v) is 9.09. The summed E-state index contributed by atoms with van der Waals surface area (Å²) in [6.45, 7) is 7.93. The maximum atomic E-state index is 12.8. The molecule has 144 valence electrons. The molecule has 0 spiro atoms. The second-order valence-electron chi connectivity index (χ2n) is 8.15. The van der Waals surface area contributed by atoms with Crippen molar-refractivity contribution in [3.8, 4) is 0 Å². The molecule has 2 aromatic rings. The van der Waals surface area contributed by atoms with E-state index in [-0.39, 0.29) is 5.91 Å². The van der Waals surface area contributed by atoms with Crippen molar-refractivity contribution in [3.05, 3.63) is 45.2 Å². The highest BCUT2D eigenvalue weighted by Gasteiger charge is 2.27. The monoisotopic (exact) mass is 384 g/mol. The largest absolute Gasteiger partial charge is 0.339 e. The van der Waals surface area contributed by atoms with Crippen LogP contribution in [-0.4, -0.2) is 52.4 Å². The van der Waals surface area contributed by atoms with Gasteiger partial charge in [-0.05, 0) is 31.9 Å². The van der Waals surface area contributed by atoms with Gasteiger partial charge in [0.25, 0.3) is 5.91 Å². The van der Waals surface area contributed by atoms with E-state index in [1.807, 2.05) is 16.5 Å². The maximum absolute atomic E-state index is 12.8. The fourth-order valence-corrected chi connectivity index (χ4v) is 4.86. The molecule has 0 radical (unpaired) electrons. The van der Waals surface area contributed by atoms with Crippen LogP contribution >= 0.6 is 11.3 Å². The molecular weight excluding hydrogens is 356 g/mol. The lowest BCUT2D eigenvalue weighted by atomic mass is 9.95. The van der Waals surface area contributed by atoms with E-state index >= 15 is 0 Å². The Hall–Kier alpha value is -1.79. The average Bonchev–Trinajstić information content (AvgIpc) is 3.18. The number of likely N-dealkylation sites (N-methyl/N-ethyl adjacent to an activating group) is 1. The van der Waals surface area contributed by atoms with Crippen LogP contribution in [0.5, 0.6) is 0 Å². The Morgan fingerprint density at radius 2 is 2.04 bits per heavy atom. The van der Waals surface area contributed by atoms with Gasteiger partial charge < -0.3 is 9.80 Å². The number of hydrogen-bond donors (Lipinski definition) is 0. The number of aromatic nitrogens is 2. The summed E-state index contributed by atoms with van der Waals surface area (Å²) >= 11 is 1.69. The number of nitrogens with zero attached hydrogens (tertiary/aromatic N) is 4. The highest BCUT2D eigenvalue weighted by molar-refractivity contribution is 7.10. The summed E-state index contributed by atoms with van der Waals surface area (Å²) in [6.07, 6.45) is 4.93. The Balaban J connectivity index is 1.39. The van der Waals surface area contributed by atoms with Gasteiger partial charge in [-0.15, -0.1) is 11.3 Å². The Labute approximate surface area is 165 Å². The van der Waals surface area contributed by atoms with Gasteiger partial charge in [0.05, 0.1) is 5.56 Å². The number of piperidine rings is 1. The first kappa shape index (κ1) is 18.6. The van der Waals surface area contributed by atoms with Crippen molar-refractivity contribution in [3.63, 3.8) is 0 Å². The molecule has 2 aliphatic heterocycles. The first-order valence-corrected chi connectivity index (χ1v) is 10.8. The van der Waals surface area contributed by atoms with E-state index < -0.39 is 0 Å². The van der Waals surface area contributed by atoms with Crippen LogP contribution in [0, 0.1) is 0 Å². The third-order valence-electron chi connectivity index (χ3n) is 5.73. The molecule has 0 bridgehead atoms. The SMILES string of the molecule is CC(C)c1cc(C(=O)N2CCC(c3ncc4c(n3)CCN(C)C4)CC2)cs1. The minimum Gasteiger partial charge on any atom is -0.339 e. The van der Waals surface area contributed by atoms with Crippen LogP contribution in [0.2, 0.25) is 0 Å². The van der Waals surface area contributed by atoms with Gasteiger partial charge in [-0.3, -0.25) is 4.79 Å². The summed E-state index contributed by atoms with van der Waals surface area (Å²) in [5, 5.41) is 2.01. The third-order valence-corrected chi connectivity index (χ3v) is 6.96. The molecule has 0 aromatic carbocycles. The molecule has 0 aliphatic carbocycles. The zero-order valence-electron chi connectivity index (χ0n) is 16.4. The topological polar surface area (TPSA) is 49.3 Å². The molecule has 6 heteroatoms. The molecule has 27 heavy (non-hydrogen) atoms. The van der Waals surface area contributed by atoms with Gasteiger partial charge in [-0.25, -0.2) is 9.97 Å². The van der Waals surface area contributed by atoms with Gasteiger partial charge in [-0.2, -0.15) is 0 Å². The predicted octanol–water partition coefficient (Wildman–Crippen LogP) is 3.67. The van der Waals surface area contributed by atoms with E-state index in [2.05, 4.69) is 36.8 Å². The smallest absolute Gasteiger partial charge is 0.254 e. The molecule has 0 N–H and O–H groups in total. The van der Waals surface area contributed by atoms with Gasteiger partial charge in [0, 0.05) is 66.2 Å². The van der Waals surface area contributed by atoms with Crippen LogP contribution < -0.4 is 0 Å². The average molecular weight is 385 g/mol. The standard InChI is InChI=1S/C21H28N4OS/c1-14(2)19-10-16(13-27-19)21(26)25-8-4-15(5-9-25)20-22-11-17-12-24(3)7-6-18(17)23-20/h10-11,13-15H,4-9,12H2,1-3H3. The molecule has 0 unspecified atom stereocenters. The van der Waals surface area contributed by atoms with Crippen LogP contribution in [0.15, 0.2) is 17.6 Å². The second kappa shape index (κ2) is 7.68. The Kier molecular flexibility index (Phi) is 5.28.